The van der Waals surface area contributed by atoms with Crippen LogP contribution >= 0.6 is 8.60 Å². The van der Waals surface area contributed by atoms with Gasteiger partial charge < -0.3 is 14.6 Å². The fourth-order valence-corrected chi connectivity index (χ4v) is 3.59. The second-order valence-corrected chi connectivity index (χ2v) is 6.29. The Hall–Kier alpha value is -1.13. The normalized spacial score (nSPS) is 27.8. The molecule has 0 bridgehead atoms. The molecule has 3 atom stereocenters. The molecule has 0 amide bonds. The van der Waals surface area contributed by atoms with Gasteiger partial charge in [-0.05, 0) is 31.5 Å². The SMILES string of the molecule is C=CNC1CCC(COP2OCc3cccc(C)c3O2)O1. The summed E-state index contributed by atoms with van der Waals surface area (Å²) in [6.07, 6.45) is 3.70. The third-order valence-corrected chi connectivity index (χ3v) is 4.59. The summed E-state index contributed by atoms with van der Waals surface area (Å²) in [4.78, 5) is 0. The van der Waals surface area contributed by atoms with Crippen molar-refractivity contribution in [1.29, 1.82) is 0 Å². The molecule has 1 aromatic rings. The minimum Gasteiger partial charge on any atom is -0.426 e. The number of hydrogen-bond donors (Lipinski definition) is 1. The van der Waals surface area contributed by atoms with Gasteiger partial charge in [-0.1, -0.05) is 24.8 Å². The van der Waals surface area contributed by atoms with E-state index in [0.717, 1.165) is 29.7 Å². The Labute approximate surface area is 126 Å². The number of rotatable bonds is 5. The fraction of sp³-hybridized carbons (Fsp3) is 0.467. The molecule has 0 aromatic heterocycles. The topological polar surface area (TPSA) is 49.0 Å². The Kier molecular flexibility index (Phi) is 4.76. The summed E-state index contributed by atoms with van der Waals surface area (Å²) >= 11 is 0. The van der Waals surface area contributed by atoms with Crippen molar-refractivity contribution in [2.24, 2.45) is 0 Å². The fourth-order valence-electron chi connectivity index (χ4n) is 2.47. The zero-order valence-corrected chi connectivity index (χ0v) is 13.0. The number of fused-ring (bicyclic) bond motifs is 1. The van der Waals surface area contributed by atoms with Crippen LogP contribution in [0.5, 0.6) is 5.75 Å². The lowest BCUT2D eigenvalue weighted by Gasteiger charge is -2.25. The van der Waals surface area contributed by atoms with E-state index >= 15 is 0 Å². The molecule has 5 nitrogen and oxygen atoms in total. The van der Waals surface area contributed by atoms with E-state index < -0.39 is 8.60 Å². The summed E-state index contributed by atoms with van der Waals surface area (Å²) < 4.78 is 23.0. The van der Waals surface area contributed by atoms with Crippen molar-refractivity contribution in [3.63, 3.8) is 0 Å². The Morgan fingerprint density at radius 2 is 2.38 bits per heavy atom. The molecule has 114 valence electrons. The lowest BCUT2D eigenvalue weighted by atomic mass is 10.1. The van der Waals surface area contributed by atoms with Crippen LogP contribution in [0.25, 0.3) is 0 Å². The van der Waals surface area contributed by atoms with Crippen LogP contribution in [0.3, 0.4) is 0 Å². The van der Waals surface area contributed by atoms with Gasteiger partial charge in [0, 0.05) is 5.56 Å². The first-order valence-corrected chi connectivity index (χ1v) is 8.20. The largest absolute Gasteiger partial charge is 0.426 e. The smallest absolute Gasteiger partial charge is 0.397 e. The van der Waals surface area contributed by atoms with Gasteiger partial charge in [-0.3, -0.25) is 9.05 Å². The Morgan fingerprint density at radius 1 is 1.48 bits per heavy atom. The Balaban J connectivity index is 1.49. The number of nitrogens with one attached hydrogen (secondary N) is 1. The summed E-state index contributed by atoms with van der Waals surface area (Å²) in [6, 6.07) is 6.05. The highest BCUT2D eigenvalue weighted by molar-refractivity contribution is 7.42. The highest BCUT2D eigenvalue weighted by Crippen LogP contribution is 2.48. The molecule has 0 radical (unpaired) electrons. The molecule has 0 aliphatic carbocycles. The van der Waals surface area contributed by atoms with Gasteiger partial charge in [-0.15, -0.1) is 0 Å². The van der Waals surface area contributed by atoms with E-state index in [1.807, 2.05) is 25.1 Å². The minimum absolute atomic E-state index is 0.0417. The average Bonchev–Trinajstić information content (AvgIpc) is 2.94. The second kappa shape index (κ2) is 6.75. The first-order chi connectivity index (χ1) is 10.3. The number of hydrogen-bond acceptors (Lipinski definition) is 5. The van der Waals surface area contributed by atoms with Crippen LogP contribution in [0.15, 0.2) is 31.0 Å². The summed E-state index contributed by atoms with van der Waals surface area (Å²) in [7, 11) is -1.33. The summed E-state index contributed by atoms with van der Waals surface area (Å²) in [5, 5.41) is 3.06. The predicted octanol–water partition coefficient (Wildman–Crippen LogP) is 3.39. The van der Waals surface area contributed by atoms with Crippen molar-refractivity contribution >= 4 is 8.60 Å². The maximum Gasteiger partial charge on any atom is 0.397 e. The number of ether oxygens (including phenoxy) is 1. The van der Waals surface area contributed by atoms with Crippen molar-refractivity contribution in [2.45, 2.75) is 38.7 Å². The van der Waals surface area contributed by atoms with Crippen molar-refractivity contribution in [3.05, 3.63) is 42.1 Å². The van der Waals surface area contributed by atoms with Gasteiger partial charge in [0.1, 0.15) is 12.0 Å². The maximum absolute atomic E-state index is 5.83. The standard InChI is InChI=1S/C15H20NO4P/c1-3-16-14-8-7-13(19-14)10-18-21-17-9-12-6-4-5-11(2)15(12)20-21/h3-6,13-14,16H,1,7-10H2,2H3. The van der Waals surface area contributed by atoms with Gasteiger partial charge in [0.05, 0.1) is 19.3 Å². The summed E-state index contributed by atoms with van der Waals surface area (Å²) in [5.41, 5.74) is 2.18. The number of aryl methyl sites for hydroxylation is 1. The quantitative estimate of drug-likeness (QED) is 0.845. The van der Waals surface area contributed by atoms with Gasteiger partial charge in [0.2, 0.25) is 0 Å². The lowest BCUT2D eigenvalue weighted by molar-refractivity contribution is 0.00453. The average molecular weight is 309 g/mol. The molecule has 2 aliphatic heterocycles. The zero-order valence-electron chi connectivity index (χ0n) is 12.1. The molecule has 1 aromatic carbocycles. The molecule has 1 N–H and O–H groups in total. The van der Waals surface area contributed by atoms with Crippen LogP contribution in [0.4, 0.5) is 0 Å². The Bertz CT molecular complexity index is 510. The molecular weight excluding hydrogens is 289 g/mol. The third kappa shape index (κ3) is 3.55. The monoisotopic (exact) mass is 309 g/mol. The predicted molar refractivity (Wildman–Crippen MR) is 80.7 cm³/mol. The van der Waals surface area contributed by atoms with E-state index in [-0.39, 0.29) is 12.3 Å². The van der Waals surface area contributed by atoms with Crippen LogP contribution in [0.1, 0.15) is 24.0 Å². The summed E-state index contributed by atoms with van der Waals surface area (Å²) in [6.45, 7) is 6.70. The van der Waals surface area contributed by atoms with E-state index in [9.17, 15) is 0 Å². The Morgan fingerprint density at radius 3 is 3.24 bits per heavy atom. The highest BCUT2D eigenvalue weighted by Gasteiger charge is 2.29. The molecule has 0 saturated carbocycles. The summed E-state index contributed by atoms with van der Waals surface area (Å²) in [5.74, 6) is 0.897. The van der Waals surface area contributed by atoms with E-state index in [2.05, 4.69) is 11.9 Å². The molecule has 0 spiro atoms. The van der Waals surface area contributed by atoms with Gasteiger partial charge in [-0.2, -0.15) is 0 Å². The molecule has 2 aliphatic rings. The van der Waals surface area contributed by atoms with Crippen molar-refractivity contribution in [3.8, 4) is 5.75 Å². The first-order valence-electron chi connectivity index (χ1n) is 7.11. The van der Waals surface area contributed by atoms with Crippen LogP contribution in [0.2, 0.25) is 0 Å². The molecule has 21 heavy (non-hydrogen) atoms. The second-order valence-electron chi connectivity index (χ2n) is 5.14. The highest BCUT2D eigenvalue weighted by atomic mass is 31.2. The molecule has 1 saturated heterocycles. The first kappa shape index (κ1) is 14.8. The van der Waals surface area contributed by atoms with Crippen LogP contribution in [-0.2, 0) is 20.4 Å². The zero-order chi connectivity index (χ0) is 14.7. The van der Waals surface area contributed by atoms with Crippen molar-refractivity contribution in [1.82, 2.24) is 5.32 Å². The van der Waals surface area contributed by atoms with E-state index in [0.29, 0.717) is 13.2 Å². The number of para-hydroxylation sites is 1. The molecule has 3 unspecified atom stereocenters. The van der Waals surface area contributed by atoms with Gasteiger partial charge in [-0.25, -0.2) is 0 Å². The van der Waals surface area contributed by atoms with Crippen LogP contribution < -0.4 is 9.84 Å². The van der Waals surface area contributed by atoms with Crippen molar-refractivity contribution in [2.75, 3.05) is 6.61 Å². The van der Waals surface area contributed by atoms with E-state index in [1.54, 1.807) is 6.20 Å². The third-order valence-electron chi connectivity index (χ3n) is 3.56. The number of benzene rings is 1. The van der Waals surface area contributed by atoms with Crippen LogP contribution in [-0.4, -0.2) is 18.9 Å². The van der Waals surface area contributed by atoms with Gasteiger partial charge in [0.15, 0.2) is 0 Å². The van der Waals surface area contributed by atoms with Crippen LogP contribution in [0, 0.1) is 6.92 Å². The van der Waals surface area contributed by atoms with Gasteiger partial charge >= 0.3 is 8.60 Å². The molecular formula is C15H20NO4P. The maximum atomic E-state index is 5.83. The van der Waals surface area contributed by atoms with Crippen molar-refractivity contribution < 1.29 is 18.3 Å². The molecule has 3 rings (SSSR count). The van der Waals surface area contributed by atoms with E-state index in [4.69, 9.17) is 18.3 Å². The molecule has 2 heterocycles. The lowest BCUT2D eigenvalue weighted by Crippen LogP contribution is -2.25. The van der Waals surface area contributed by atoms with Gasteiger partial charge in [0.25, 0.3) is 0 Å². The minimum atomic E-state index is -1.33. The molecule has 6 heteroatoms. The van der Waals surface area contributed by atoms with E-state index in [1.165, 1.54) is 0 Å². The molecule has 1 fully saturated rings.